The van der Waals surface area contributed by atoms with Crippen molar-refractivity contribution < 1.29 is 27.4 Å². The van der Waals surface area contributed by atoms with Gasteiger partial charge >= 0.3 is 0 Å². The number of hydrogen-bond donors (Lipinski definition) is 1. The minimum atomic E-state index is -3.68. The molecule has 0 spiro atoms. The van der Waals surface area contributed by atoms with Gasteiger partial charge in [0.1, 0.15) is 0 Å². The Balaban J connectivity index is 1.80. The molecule has 31 heavy (non-hydrogen) atoms. The average Bonchev–Trinajstić information content (AvgIpc) is 2.82. The summed E-state index contributed by atoms with van der Waals surface area (Å²) in [6.07, 6.45) is 0.646. The van der Waals surface area contributed by atoms with Gasteiger partial charge in [0, 0.05) is 18.7 Å². The minimum absolute atomic E-state index is 0.0983. The zero-order chi connectivity index (χ0) is 22.4. The van der Waals surface area contributed by atoms with Gasteiger partial charge in [-0.3, -0.25) is 4.79 Å². The van der Waals surface area contributed by atoms with E-state index in [0.29, 0.717) is 44.2 Å². The van der Waals surface area contributed by atoms with Gasteiger partial charge < -0.3 is 19.5 Å². The van der Waals surface area contributed by atoms with Gasteiger partial charge in [0.15, 0.2) is 11.5 Å². The Hall–Kier alpha value is -2.62. The van der Waals surface area contributed by atoms with E-state index in [-0.39, 0.29) is 22.4 Å². The van der Waals surface area contributed by atoms with Crippen molar-refractivity contribution in [3.63, 3.8) is 0 Å². The molecule has 1 aliphatic rings. The van der Waals surface area contributed by atoms with E-state index in [1.807, 2.05) is 19.1 Å². The predicted octanol–water partition coefficient (Wildman–Crippen LogP) is 2.61. The van der Waals surface area contributed by atoms with E-state index >= 15 is 0 Å². The second-order valence-corrected chi connectivity index (χ2v) is 9.03. The lowest BCUT2D eigenvalue weighted by atomic mass is 10.0. The van der Waals surface area contributed by atoms with Crippen LogP contribution >= 0.6 is 0 Å². The number of methoxy groups -OCH3 is 2. The molecule has 0 saturated carbocycles. The number of nitrogens with one attached hydrogen (secondary N) is 1. The first-order valence-electron chi connectivity index (χ1n) is 10.1. The van der Waals surface area contributed by atoms with Gasteiger partial charge in [-0.15, -0.1) is 0 Å². The maximum atomic E-state index is 12.9. The largest absolute Gasteiger partial charge is 0.493 e. The Labute approximate surface area is 183 Å². The molecule has 1 saturated heterocycles. The topological polar surface area (TPSA) is 94.2 Å². The minimum Gasteiger partial charge on any atom is -0.493 e. The maximum Gasteiger partial charge on any atom is 0.251 e. The zero-order valence-electron chi connectivity index (χ0n) is 18.0. The molecule has 0 unspecified atom stereocenters. The van der Waals surface area contributed by atoms with E-state index in [0.717, 1.165) is 5.56 Å². The molecule has 1 N–H and O–H groups in total. The number of benzene rings is 2. The molecular weight excluding hydrogens is 420 g/mol. The van der Waals surface area contributed by atoms with Crippen LogP contribution in [0.2, 0.25) is 0 Å². The van der Waals surface area contributed by atoms with Crippen LogP contribution in [0.25, 0.3) is 0 Å². The van der Waals surface area contributed by atoms with Crippen LogP contribution in [-0.2, 0) is 14.8 Å². The van der Waals surface area contributed by atoms with Crippen LogP contribution in [0, 0.1) is 0 Å². The standard InChI is InChI=1S/C22H28N2O6S/c1-4-19(16-8-9-20(28-2)21(15-16)29-3)23-22(25)17-6-5-7-18(14-17)31(26,27)24-10-12-30-13-11-24/h5-9,14-15,19H,4,10-13H2,1-3H3,(H,23,25)/t19-/m1/s1. The summed E-state index contributed by atoms with van der Waals surface area (Å²) in [5, 5.41) is 2.98. The van der Waals surface area contributed by atoms with Gasteiger partial charge in [0.2, 0.25) is 10.0 Å². The molecule has 168 valence electrons. The lowest BCUT2D eigenvalue weighted by molar-refractivity contribution is 0.0730. The number of rotatable bonds is 8. The Kier molecular flexibility index (Phi) is 7.53. The fourth-order valence-corrected chi connectivity index (χ4v) is 4.92. The fourth-order valence-electron chi connectivity index (χ4n) is 3.47. The molecule has 8 nitrogen and oxygen atoms in total. The van der Waals surface area contributed by atoms with Crippen LogP contribution in [-0.4, -0.2) is 59.2 Å². The molecule has 0 aromatic heterocycles. The lowest BCUT2D eigenvalue weighted by Crippen LogP contribution is -2.40. The number of carbonyl (C=O) groups is 1. The van der Waals surface area contributed by atoms with E-state index in [2.05, 4.69) is 5.32 Å². The number of sulfonamides is 1. The monoisotopic (exact) mass is 448 g/mol. The van der Waals surface area contributed by atoms with Crippen molar-refractivity contribution in [3.05, 3.63) is 53.6 Å². The molecule has 9 heteroatoms. The molecule has 1 atom stereocenters. The highest BCUT2D eigenvalue weighted by atomic mass is 32.2. The summed E-state index contributed by atoms with van der Waals surface area (Å²) in [6.45, 7) is 3.29. The number of morpholine rings is 1. The van der Waals surface area contributed by atoms with Crippen molar-refractivity contribution in [1.82, 2.24) is 9.62 Å². The first-order valence-corrected chi connectivity index (χ1v) is 11.6. The molecule has 0 bridgehead atoms. The molecule has 2 aromatic carbocycles. The summed E-state index contributed by atoms with van der Waals surface area (Å²) in [5.41, 5.74) is 1.15. The summed E-state index contributed by atoms with van der Waals surface area (Å²) in [7, 11) is -0.557. The van der Waals surface area contributed by atoms with Crippen LogP contribution in [0.15, 0.2) is 47.4 Å². The van der Waals surface area contributed by atoms with Crippen LogP contribution in [0.3, 0.4) is 0 Å². The van der Waals surface area contributed by atoms with E-state index < -0.39 is 10.0 Å². The van der Waals surface area contributed by atoms with E-state index in [4.69, 9.17) is 14.2 Å². The summed E-state index contributed by atoms with van der Waals surface area (Å²) in [4.78, 5) is 13.0. The van der Waals surface area contributed by atoms with Gasteiger partial charge in [0.25, 0.3) is 5.91 Å². The summed E-state index contributed by atoms with van der Waals surface area (Å²) in [5.74, 6) is 0.834. The molecule has 3 rings (SSSR count). The summed E-state index contributed by atoms with van der Waals surface area (Å²) >= 11 is 0. The number of nitrogens with zero attached hydrogens (tertiary/aromatic N) is 1. The number of hydrogen-bond acceptors (Lipinski definition) is 6. The van der Waals surface area contributed by atoms with Crippen molar-refractivity contribution in [3.8, 4) is 11.5 Å². The normalized spacial score (nSPS) is 15.8. The second kappa shape index (κ2) is 10.1. The highest BCUT2D eigenvalue weighted by Gasteiger charge is 2.27. The van der Waals surface area contributed by atoms with Gasteiger partial charge in [0.05, 0.1) is 38.4 Å². The Morgan fingerprint density at radius 3 is 2.45 bits per heavy atom. The van der Waals surface area contributed by atoms with Crippen LogP contribution < -0.4 is 14.8 Å². The first kappa shape index (κ1) is 23.1. The van der Waals surface area contributed by atoms with E-state index in [9.17, 15) is 13.2 Å². The van der Waals surface area contributed by atoms with Gasteiger partial charge in [-0.05, 0) is 42.3 Å². The van der Waals surface area contributed by atoms with Crippen molar-refractivity contribution >= 4 is 15.9 Å². The highest BCUT2D eigenvalue weighted by Crippen LogP contribution is 2.31. The predicted molar refractivity (Wildman–Crippen MR) is 116 cm³/mol. The highest BCUT2D eigenvalue weighted by molar-refractivity contribution is 7.89. The van der Waals surface area contributed by atoms with Crippen LogP contribution in [0.1, 0.15) is 35.3 Å². The number of amides is 1. The van der Waals surface area contributed by atoms with Gasteiger partial charge in [-0.2, -0.15) is 4.31 Å². The molecular formula is C22H28N2O6S. The fraction of sp³-hybridized carbons (Fsp3) is 0.409. The lowest BCUT2D eigenvalue weighted by Gasteiger charge is -2.26. The van der Waals surface area contributed by atoms with Crippen LogP contribution in [0.4, 0.5) is 0 Å². The number of ether oxygens (including phenoxy) is 3. The van der Waals surface area contributed by atoms with E-state index in [1.165, 1.54) is 16.4 Å². The zero-order valence-corrected chi connectivity index (χ0v) is 18.8. The summed E-state index contributed by atoms with van der Waals surface area (Å²) in [6, 6.07) is 11.3. The van der Waals surface area contributed by atoms with Gasteiger partial charge in [-0.1, -0.05) is 19.1 Å². The molecule has 1 heterocycles. The third kappa shape index (κ3) is 5.17. The molecule has 2 aromatic rings. The first-order chi connectivity index (χ1) is 14.9. The third-order valence-corrected chi connectivity index (χ3v) is 7.12. The van der Waals surface area contributed by atoms with Crippen molar-refractivity contribution in [2.45, 2.75) is 24.3 Å². The molecule has 1 fully saturated rings. The molecule has 1 amide bonds. The Bertz CT molecular complexity index is 1020. The van der Waals surface area contributed by atoms with E-state index in [1.54, 1.807) is 32.4 Å². The van der Waals surface area contributed by atoms with Gasteiger partial charge in [-0.25, -0.2) is 8.42 Å². The molecule has 0 radical (unpaired) electrons. The average molecular weight is 449 g/mol. The van der Waals surface area contributed by atoms with Crippen molar-refractivity contribution in [2.24, 2.45) is 0 Å². The third-order valence-electron chi connectivity index (χ3n) is 5.23. The maximum absolute atomic E-state index is 12.9. The summed E-state index contributed by atoms with van der Waals surface area (Å²) < 4.78 is 43.1. The molecule has 0 aliphatic carbocycles. The van der Waals surface area contributed by atoms with Crippen LogP contribution in [0.5, 0.6) is 11.5 Å². The smallest absolute Gasteiger partial charge is 0.251 e. The van der Waals surface area contributed by atoms with Crippen molar-refractivity contribution in [1.29, 1.82) is 0 Å². The quantitative estimate of drug-likeness (QED) is 0.667. The SMILES string of the molecule is CC[C@@H](NC(=O)c1cccc(S(=O)(=O)N2CCOCC2)c1)c1ccc(OC)c(OC)c1. The number of carbonyl (C=O) groups excluding carboxylic acids is 1. The Morgan fingerprint density at radius 2 is 1.81 bits per heavy atom. The second-order valence-electron chi connectivity index (χ2n) is 7.09. The van der Waals surface area contributed by atoms with Crippen molar-refractivity contribution in [2.75, 3.05) is 40.5 Å². The Morgan fingerprint density at radius 1 is 1.10 bits per heavy atom. The molecule has 1 aliphatic heterocycles.